The van der Waals surface area contributed by atoms with Gasteiger partial charge in [-0.1, -0.05) is 0 Å². The molecule has 0 spiro atoms. The highest BCUT2D eigenvalue weighted by Crippen LogP contribution is 2.25. The van der Waals surface area contributed by atoms with Gasteiger partial charge in [-0.3, -0.25) is 9.69 Å². The first-order valence-corrected chi connectivity index (χ1v) is 6.71. The summed E-state index contributed by atoms with van der Waals surface area (Å²) in [5.41, 5.74) is -0.472. The van der Waals surface area contributed by atoms with Crippen LogP contribution in [0.3, 0.4) is 0 Å². The molecule has 2 rings (SSSR count). The normalized spacial score (nSPS) is 25.2. The van der Waals surface area contributed by atoms with Crippen molar-refractivity contribution >= 4 is 12.1 Å². The van der Waals surface area contributed by atoms with Gasteiger partial charge in [0.1, 0.15) is 5.60 Å². The van der Waals surface area contributed by atoms with Crippen LogP contribution in [0.4, 0.5) is 4.79 Å². The average Bonchev–Trinajstić information content (AvgIpc) is 2.60. The Morgan fingerprint density at radius 3 is 2.37 bits per heavy atom. The maximum Gasteiger partial charge on any atom is 0.410 e. The van der Waals surface area contributed by atoms with Crippen LogP contribution in [-0.2, 0) is 9.53 Å². The minimum Gasteiger partial charge on any atom is -0.481 e. The van der Waals surface area contributed by atoms with Gasteiger partial charge in [-0.2, -0.15) is 0 Å². The van der Waals surface area contributed by atoms with E-state index in [0.717, 1.165) is 6.42 Å². The van der Waals surface area contributed by atoms with Crippen LogP contribution >= 0.6 is 0 Å². The fourth-order valence-corrected chi connectivity index (χ4v) is 2.50. The number of amides is 1. The second kappa shape index (κ2) is 5.00. The number of carboxylic acid groups (broad SMARTS) is 1. The lowest BCUT2D eigenvalue weighted by atomic mass is 9.97. The molecule has 1 N–H and O–H groups in total. The summed E-state index contributed by atoms with van der Waals surface area (Å²) in [4.78, 5) is 26.5. The van der Waals surface area contributed by atoms with E-state index in [4.69, 9.17) is 9.84 Å². The lowest BCUT2D eigenvalue weighted by Gasteiger charge is -2.40. The largest absolute Gasteiger partial charge is 0.481 e. The zero-order chi connectivity index (χ0) is 14.2. The number of rotatable bonds is 2. The van der Waals surface area contributed by atoms with E-state index in [2.05, 4.69) is 4.90 Å². The molecule has 0 saturated carbocycles. The predicted octanol–water partition coefficient (Wildman–Crippen LogP) is 1.01. The second-order valence-corrected chi connectivity index (χ2v) is 6.36. The summed E-state index contributed by atoms with van der Waals surface area (Å²) in [7, 11) is 0. The quantitative estimate of drug-likeness (QED) is 0.811. The Labute approximate surface area is 113 Å². The van der Waals surface area contributed by atoms with Crippen LogP contribution in [0.15, 0.2) is 0 Å². The molecule has 108 valence electrons. The average molecular weight is 270 g/mol. The van der Waals surface area contributed by atoms with Gasteiger partial charge in [0.15, 0.2) is 0 Å². The van der Waals surface area contributed by atoms with E-state index in [9.17, 15) is 9.59 Å². The highest BCUT2D eigenvalue weighted by Gasteiger charge is 2.40. The molecule has 2 aliphatic rings. The second-order valence-electron chi connectivity index (χ2n) is 6.36. The fraction of sp³-hybridized carbons (Fsp3) is 0.846. The summed E-state index contributed by atoms with van der Waals surface area (Å²) >= 11 is 0. The summed E-state index contributed by atoms with van der Waals surface area (Å²) < 4.78 is 5.34. The molecule has 0 radical (unpaired) electrons. The number of carboxylic acids is 1. The minimum atomic E-state index is -0.724. The summed E-state index contributed by atoms with van der Waals surface area (Å²) in [6, 6.07) is 0.281. The third-order valence-electron chi connectivity index (χ3n) is 3.59. The predicted molar refractivity (Wildman–Crippen MR) is 68.9 cm³/mol. The van der Waals surface area contributed by atoms with Crippen molar-refractivity contribution in [3.8, 4) is 0 Å². The lowest BCUT2D eigenvalue weighted by Crippen LogP contribution is -2.55. The maximum atomic E-state index is 11.9. The van der Waals surface area contributed by atoms with Crippen LogP contribution in [0.5, 0.6) is 0 Å². The van der Waals surface area contributed by atoms with Crippen molar-refractivity contribution in [3.63, 3.8) is 0 Å². The molecule has 2 fully saturated rings. The van der Waals surface area contributed by atoms with Gasteiger partial charge >= 0.3 is 12.1 Å². The summed E-state index contributed by atoms with van der Waals surface area (Å²) in [6.45, 7) is 8.08. The number of hydrogen-bond acceptors (Lipinski definition) is 4. The number of ether oxygens (including phenoxy) is 1. The van der Waals surface area contributed by atoms with Crippen molar-refractivity contribution in [1.82, 2.24) is 9.80 Å². The van der Waals surface area contributed by atoms with Crippen LogP contribution in [0.2, 0.25) is 0 Å². The van der Waals surface area contributed by atoms with Crippen molar-refractivity contribution in [1.29, 1.82) is 0 Å². The van der Waals surface area contributed by atoms with E-state index >= 15 is 0 Å². The standard InChI is InChI=1S/C13H22N2O4/c1-13(2,3)19-12(18)14-5-4-10(8-14)15-6-9(7-15)11(16)17/h9-10H,4-8H2,1-3H3,(H,16,17)/t10-/m0/s1. The maximum absolute atomic E-state index is 11.9. The molecule has 0 unspecified atom stereocenters. The van der Waals surface area contributed by atoms with Gasteiger partial charge in [-0.05, 0) is 27.2 Å². The molecule has 6 nitrogen and oxygen atoms in total. The zero-order valence-corrected chi connectivity index (χ0v) is 11.8. The van der Waals surface area contributed by atoms with Crippen LogP contribution in [0.25, 0.3) is 0 Å². The van der Waals surface area contributed by atoms with Gasteiger partial charge in [0.05, 0.1) is 5.92 Å². The van der Waals surface area contributed by atoms with Gasteiger partial charge in [0.25, 0.3) is 0 Å². The molecule has 1 atom stereocenters. The smallest absolute Gasteiger partial charge is 0.410 e. The Morgan fingerprint density at radius 2 is 1.84 bits per heavy atom. The monoisotopic (exact) mass is 270 g/mol. The Kier molecular flexibility index (Phi) is 3.71. The first kappa shape index (κ1) is 14.1. The van der Waals surface area contributed by atoms with E-state index < -0.39 is 11.6 Å². The molecule has 0 aliphatic carbocycles. The first-order valence-electron chi connectivity index (χ1n) is 6.71. The molecule has 0 aromatic heterocycles. The van der Waals surface area contributed by atoms with Crippen molar-refractivity contribution in [2.45, 2.75) is 38.8 Å². The third kappa shape index (κ3) is 3.37. The number of carbonyl (C=O) groups is 2. The van der Waals surface area contributed by atoms with Crippen LogP contribution in [-0.4, -0.2) is 64.8 Å². The topological polar surface area (TPSA) is 70.1 Å². The van der Waals surface area contributed by atoms with Gasteiger partial charge in [0.2, 0.25) is 0 Å². The van der Waals surface area contributed by atoms with E-state index in [1.165, 1.54) is 0 Å². The van der Waals surface area contributed by atoms with Gasteiger partial charge < -0.3 is 14.7 Å². The van der Waals surface area contributed by atoms with E-state index in [-0.39, 0.29) is 18.1 Å². The first-order chi connectivity index (χ1) is 8.76. The lowest BCUT2D eigenvalue weighted by molar-refractivity contribution is -0.148. The van der Waals surface area contributed by atoms with E-state index in [1.54, 1.807) is 4.90 Å². The number of aliphatic carboxylic acids is 1. The highest BCUT2D eigenvalue weighted by molar-refractivity contribution is 5.71. The zero-order valence-electron chi connectivity index (χ0n) is 11.8. The van der Waals surface area contributed by atoms with E-state index in [0.29, 0.717) is 26.2 Å². The number of hydrogen-bond donors (Lipinski definition) is 1. The molecule has 0 aromatic carbocycles. The number of nitrogens with zero attached hydrogens (tertiary/aromatic N) is 2. The Bertz CT molecular complexity index is 371. The molecule has 0 bridgehead atoms. The molecular formula is C13H22N2O4. The molecular weight excluding hydrogens is 248 g/mol. The molecule has 2 aliphatic heterocycles. The Morgan fingerprint density at radius 1 is 1.21 bits per heavy atom. The van der Waals surface area contributed by atoms with Crippen LogP contribution in [0, 0.1) is 5.92 Å². The Hall–Kier alpha value is -1.30. The van der Waals surface area contributed by atoms with Crippen molar-refractivity contribution < 1.29 is 19.4 Å². The SMILES string of the molecule is CC(C)(C)OC(=O)N1CC[C@H](N2CC(C(=O)O)C2)C1. The summed E-state index contributed by atoms with van der Waals surface area (Å²) in [5, 5.41) is 8.85. The minimum absolute atomic E-state index is 0.240. The van der Waals surface area contributed by atoms with Crippen molar-refractivity contribution in [2.75, 3.05) is 26.2 Å². The number of carbonyl (C=O) groups excluding carboxylic acids is 1. The molecule has 2 heterocycles. The van der Waals surface area contributed by atoms with Crippen LogP contribution < -0.4 is 0 Å². The van der Waals surface area contributed by atoms with Gasteiger partial charge in [-0.25, -0.2) is 4.79 Å². The third-order valence-corrected chi connectivity index (χ3v) is 3.59. The number of likely N-dealkylation sites (tertiary alicyclic amines) is 2. The molecule has 6 heteroatoms. The summed E-state index contributed by atoms with van der Waals surface area (Å²) in [6.07, 6.45) is 0.622. The van der Waals surface area contributed by atoms with Gasteiger partial charge in [0, 0.05) is 32.2 Å². The van der Waals surface area contributed by atoms with E-state index in [1.807, 2.05) is 20.8 Å². The molecule has 1 amide bonds. The Balaban J connectivity index is 1.78. The summed E-state index contributed by atoms with van der Waals surface area (Å²) in [5.74, 6) is -0.964. The van der Waals surface area contributed by atoms with Crippen molar-refractivity contribution in [2.24, 2.45) is 5.92 Å². The fourth-order valence-electron chi connectivity index (χ4n) is 2.50. The van der Waals surface area contributed by atoms with Crippen molar-refractivity contribution in [3.05, 3.63) is 0 Å². The molecule has 19 heavy (non-hydrogen) atoms. The molecule has 0 aromatic rings. The van der Waals surface area contributed by atoms with Gasteiger partial charge in [-0.15, -0.1) is 0 Å². The van der Waals surface area contributed by atoms with Crippen LogP contribution in [0.1, 0.15) is 27.2 Å². The molecule has 2 saturated heterocycles. The highest BCUT2D eigenvalue weighted by atomic mass is 16.6.